The third-order valence-corrected chi connectivity index (χ3v) is 11.0. The number of nitrogens with one attached hydrogen (secondary N) is 2. The molecule has 5 heterocycles. The summed E-state index contributed by atoms with van der Waals surface area (Å²) in [6, 6.07) is 14.9. The van der Waals surface area contributed by atoms with Gasteiger partial charge in [0.15, 0.2) is 11.2 Å². The van der Waals surface area contributed by atoms with Crippen molar-refractivity contribution in [2.45, 2.75) is 51.7 Å². The molecule has 3 amide bonds. The first kappa shape index (κ1) is 35.5. The normalized spacial score (nSPS) is 18.9. The Morgan fingerprint density at radius 2 is 1.73 bits per heavy atom. The van der Waals surface area contributed by atoms with Crippen molar-refractivity contribution < 1.29 is 23.9 Å². The number of carbonyl (C=O) groups excluding carboxylic acids is 3. The van der Waals surface area contributed by atoms with E-state index in [9.17, 15) is 19.2 Å². The molecule has 7 rings (SSSR count). The van der Waals surface area contributed by atoms with Gasteiger partial charge in [-0.3, -0.25) is 29.4 Å². The number of fused-ring (bicyclic) bond motifs is 1. The molecule has 0 spiro atoms. The number of thiazole rings is 1. The summed E-state index contributed by atoms with van der Waals surface area (Å²) >= 11 is 1.57. The molecule has 2 aromatic heterocycles. The van der Waals surface area contributed by atoms with Gasteiger partial charge in [0.05, 0.1) is 21.9 Å². The number of hydrogen-bond donors (Lipinski definition) is 2. The van der Waals surface area contributed by atoms with Gasteiger partial charge >= 0.3 is 0 Å². The van der Waals surface area contributed by atoms with E-state index in [0.29, 0.717) is 35.8 Å². The number of nitrogens with zero attached hydrogens (tertiary/aromatic N) is 5. The monoisotopic (exact) mass is 727 g/mol. The molecule has 14 heteroatoms. The number of carbonyl (C=O) groups is 3. The van der Waals surface area contributed by atoms with Gasteiger partial charge in [-0.15, -0.1) is 0 Å². The van der Waals surface area contributed by atoms with E-state index in [2.05, 4.69) is 25.3 Å². The molecule has 1 unspecified atom stereocenters. The van der Waals surface area contributed by atoms with Crippen LogP contribution in [0.25, 0.3) is 10.2 Å². The molecule has 2 aromatic carbocycles. The van der Waals surface area contributed by atoms with Crippen LogP contribution in [-0.2, 0) is 16.6 Å². The molecule has 13 nitrogen and oxygen atoms in total. The first-order valence-corrected chi connectivity index (χ1v) is 18.8. The van der Waals surface area contributed by atoms with Crippen LogP contribution in [0.5, 0.6) is 11.5 Å². The number of ether oxygens (including phenoxy) is 2. The van der Waals surface area contributed by atoms with Crippen molar-refractivity contribution in [1.29, 1.82) is 0 Å². The minimum Gasteiger partial charge on any atom is -0.490 e. The number of imide groups is 1. The lowest BCUT2D eigenvalue weighted by Gasteiger charge is -2.39. The van der Waals surface area contributed by atoms with Gasteiger partial charge in [0.25, 0.3) is 17.4 Å². The lowest BCUT2D eigenvalue weighted by Crippen LogP contribution is -2.49. The topological polar surface area (TPSA) is 138 Å². The smallest absolute Gasteiger partial charge is 0.274 e. The second kappa shape index (κ2) is 15.3. The Hall–Kier alpha value is -4.95. The van der Waals surface area contributed by atoms with Crippen LogP contribution in [0.2, 0.25) is 0 Å². The number of pyridine rings is 1. The van der Waals surface area contributed by atoms with Crippen molar-refractivity contribution in [3.63, 3.8) is 0 Å². The Kier molecular flexibility index (Phi) is 10.5. The van der Waals surface area contributed by atoms with Crippen molar-refractivity contribution in [3.8, 4) is 11.5 Å². The lowest BCUT2D eigenvalue weighted by atomic mass is 9.95. The van der Waals surface area contributed by atoms with E-state index in [0.717, 1.165) is 79.7 Å². The van der Waals surface area contributed by atoms with Crippen molar-refractivity contribution in [1.82, 2.24) is 19.8 Å². The number of anilines is 3. The van der Waals surface area contributed by atoms with Crippen LogP contribution in [0.4, 0.5) is 16.5 Å². The summed E-state index contributed by atoms with van der Waals surface area (Å²) in [6.07, 6.45) is 3.82. The molecule has 274 valence electrons. The molecule has 0 aliphatic carbocycles. The zero-order chi connectivity index (χ0) is 36.4. The number of aryl methyl sites for hydroxylation is 1. The van der Waals surface area contributed by atoms with Crippen LogP contribution in [0, 0.1) is 5.92 Å². The van der Waals surface area contributed by atoms with E-state index in [-0.39, 0.29) is 29.2 Å². The van der Waals surface area contributed by atoms with E-state index in [1.807, 2.05) is 50.2 Å². The van der Waals surface area contributed by atoms with Gasteiger partial charge in [-0.25, -0.2) is 4.98 Å². The van der Waals surface area contributed by atoms with Crippen molar-refractivity contribution in [2.24, 2.45) is 13.0 Å². The third-order valence-electron chi connectivity index (χ3n) is 9.90. The SMILES string of the molecule is CC(C)Oc1cc2nc(N3CCN(CC4CCN(c5ccc(OC6CCC(=O)NC6=O)cc5)CC4)CC3)sc2cc1C(=O)Nc1cccn(C)c1=O. The maximum Gasteiger partial charge on any atom is 0.274 e. The Labute approximate surface area is 306 Å². The van der Waals surface area contributed by atoms with Gasteiger partial charge < -0.3 is 29.2 Å². The number of benzene rings is 2. The molecule has 2 N–H and O–H groups in total. The van der Waals surface area contributed by atoms with Crippen LogP contribution in [-0.4, -0.2) is 90.2 Å². The molecular formula is C38H45N7O6S. The highest BCUT2D eigenvalue weighted by molar-refractivity contribution is 7.22. The predicted octanol–water partition coefficient (Wildman–Crippen LogP) is 4.26. The van der Waals surface area contributed by atoms with Crippen LogP contribution in [0.3, 0.4) is 0 Å². The minimum absolute atomic E-state index is 0.146. The maximum atomic E-state index is 13.4. The van der Waals surface area contributed by atoms with Gasteiger partial charge in [-0.1, -0.05) is 11.3 Å². The second-order valence-electron chi connectivity index (χ2n) is 14.0. The molecule has 3 aliphatic rings. The molecular weight excluding hydrogens is 683 g/mol. The molecule has 0 bridgehead atoms. The number of piperidine rings is 2. The molecule has 52 heavy (non-hydrogen) atoms. The number of piperazine rings is 1. The Bertz CT molecular complexity index is 1990. The van der Waals surface area contributed by atoms with Gasteiger partial charge in [-0.2, -0.15) is 0 Å². The van der Waals surface area contributed by atoms with E-state index < -0.39 is 12.0 Å². The fourth-order valence-corrected chi connectivity index (χ4v) is 8.07. The highest BCUT2D eigenvalue weighted by Gasteiger charge is 2.29. The summed E-state index contributed by atoms with van der Waals surface area (Å²) in [5.74, 6) is 0.695. The molecule has 4 aromatic rings. The Balaban J connectivity index is 0.914. The van der Waals surface area contributed by atoms with E-state index in [4.69, 9.17) is 14.5 Å². The van der Waals surface area contributed by atoms with Crippen LogP contribution in [0.1, 0.15) is 49.9 Å². The largest absolute Gasteiger partial charge is 0.490 e. The molecule has 3 aliphatic heterocycles. The van der Waals surface area contributed by atoms with Crippen LogP contribution >= 0.6 is 11.3 Å². The maximum absolute atomic E-state index is 13.4. The van der Waals surface area contributed by atoms with Crippen LogP contribution in [0.15, 0.2) is 59.5 Å². The fourth-order valence-electron chi connectivity index (χ4n) is 7.04. The molecule has 0 saturated carbocycles. The average Bonchev–Trinajstić information content (AvgIpc) is 3.55. The zero-order valence-electron chi connectivity index (χ0n) is 29.8. The highest BCUT2D eigenvalue weighted by Crippen LogP contribution is 2.35. The van der Waals surface area contributed by atoms with Gasteiger partial charge in [-0.05, 0) is 75.1 Å². The summed E-state index contributed by atoms with van der Waals surface area (Å²) in [7, 11) is 1.65. The third kappa shape index (κ3) is 8.07. The number of amides is 3. The molecule has 0 radical (unpaired) electrons. The predicted molar refractivity (Wildman–Crippen MR) is 202 cm³/mol. The molecule has 1 atom stereocenters. The standard InChI is InChI=1S/C38H45N7O6S/c1-24(2)50-32-22-30-33(21-28(32)35(47)39-29-5-4-14-42(3)37(29)49)52-38(40-30)45-19-17-43(18-20-45)23-25-12-15-44(16-13-25)26-6-8-27(9-7-26)51-31-10-11-34(46)41-36(31)48/h4-9,14,21-22,24-25,31H,10-13,15-20,23H2,1-3H3,(H,39,47)(H,41,46,48). The summed E-state index contributed by atoms with van der Waals surface area (Å²) < 4.78 is 14.2. The Morgan fingerprint density at radius 1 is 0.981 bits per heavy atom. The zero-order valence-corrected chi connectivity index (χ0v) is 30.6. The van der Waals surface area contributed by atoms with Crippen molar-refractivity contribution >= 4 is 55.8 Å². The Morgan fingerprint density at radius 3 is 2.44 bits per heavy atom. The number of rotatable bonds is 10. The number of aromatic nitrogens is 2. The van der Waals surface area contributed by atoms with Gasteiger partial charge in [0, 0.05) is 83.7 Å². The van der Waals surface area contributed by atoms with Crippen molar-refractivity contribution in [3.05, 3.63) is 70.6 Å². The average molecular weight is 728 g/mol. The molecule has 3 fully saturated rings. The highest BCUT2D eigenvalue weighted by atomic mass is 32.1. The lowest BCUT2D eigenvalue weighted by molar-refractivity contribution is -0.138. The van der Waals surface area contributed by atoms with Gasteiger partial charge in [0.1, 0.15) is 17.2 Å². The summed E-state index contributed by atoms with van der Waals surface area (Å²) in [5.41, 5.74) is 2.24. The molecule has 3 saturated heterocycles. The quantitative estimate of drug-likeness (QED) is 0.228. The van der Waals surface area contributed by atoms with Crippen LogP contribution < -0.4 is 35.5 Å². The van der Waals surface area contributed by atoms with Gasteiger partial charge in [0.2, 0.25) is 5.91 Å². The second-order valence-corrected chi connectivity index (χ2v) is 15.0. The van der Waals surface area contributed by atoms with E-state index in [1.165, 1.54) is 4.57 Å². The minimum atomic E-state index is -0.631. The van der Waals surface area contributed by atoms with E-state index in [1.54, 1.807) is 36.7 Å². The summed E-state index contributed by atoms with van der Waals surface area (Å²) in [6.45, 7) is 10.6. The first-order chi connectivity index (χ1) is 25.1. The van der Waals surface area contributed by atoms with E-state index >= 15 is 0 Å². The number of hydrogen-bond acceptors (Lipinski definition) is 11. The summed E-state index contributed by atoms with van der Waals surface area (Å²) in [5, 5.41) is 6.04. The fraction of sp³-hybridized carbons (Fsp3) is 0.447. The summed E-state index contributed by atoms with van der Waals surface area (Å²) in [4.78, 5) is 61.7. The first-order valence-electron chi connectivity index (χ1n) is 18.0. The van der Waals surface area contributed by atoms with Crippen molar-refractivity contribution in [2.75, 3.05) is 60.9 Å².